The van der Waals surface area contributed by atoms with Crippen LogP contribution in [0.25, 0.3) is 5.57 Å². The van der Waals surface area contributed by atoms with E-state index in [0.29, 0.717) is 5.69 Å². The Labute approximate surface area is 117 Å². The van der Waals surface area contributed by atoms with Crippen LogP contribution in [0.4, 0.5) is 5.69 Å². The minimum absolute atomic E-state index is 0.0281. The number of hydrogen-bond acceptors (Lipinski definition) is 4. The van der Waals surface area contributed by atoms with Crippen LogP contribution < -0.4 is 16.5 Å². The maximum atomic E-state index is 12.2. The predicted octanol–water partition coefficient (Wildman–Crippen LogP) is 2.05. The Balaban J connectivity index is 2.23. The van der Waals surface area contributed by atoms with Gasteiger partial charge in [-0.15, -0.1) is 0 Å². The number of para-hydroxylation sites is 1. The average Bonchev–Trinajstić information content (AvgIpc) is 2.55. The van der Waals surface area contributed by atoms with Crippen LogP contribution >= 0.6 is 0 Å². The van der Waals surface area contributed by atoms with Gasteiger partial charge >= 0.3 is 0 Å². The molecule has 0 atom stereocenters. The third-order valence-electron chi connectivity index (χ3n) is 3.38. The largest absolute Gasteiger partial charge is 0.758 e. The fourth-order valence-electron chi connectivity index (χ4n) is 2.50. The van der Waals surface area contributed by atoms with Crippen molar-refractivity contribution in [1.29, 1.82) is 0 Å². The number of rotatable bonds is 1. The normalized spacial score (nSPS) is 17.1. The molecule has 3 rings (SSSR count). The van der Waals surface area contributed by atoms with Crippen LogP contribution in [0, 0.1) is 5.21 Å². The number of benzene rings is 2. The topological polar surface area (TPSA) is 78.3 Å². The van der Waals surface area contributed by atoms with Crippen molar-refractivity contribution in [2.24, 2.45) is 11.5 Å². The van der Waals surface area contributed by atoms with Crippen LogP contribution in [0.3, 0.4) is 0 Å². The summed E-state index contributed by atoms with van der Waals surface area (Å²) in [7, 11) is 0. The lowest BCUT2D eigenvalue weighted by Gasteiger charge is -2.35. The quantitative estimate of drug-likeness (QED) is 0.774. The highest BCUT2D eigenvalue weighted by Gasteiger charge is 2.24. The van der Waals surface area contributed by atoms with Crippen molar-refractivity contribution < 1.29 is 0 Å². The highest BCUT2D eigenvalue weighted by molar-refractivity contribution is 5.88. The number of hydrogen-bond donors (Lipinski definition) is 2. The van der Waals surface area contributed by atoms with Crippen molar-refractivity contribution in [2.75, 3.05) is 11.6 Å². The molecule has 4 heteroatoms. The lowest BCUT2D eigenvalue weighted by atomic mass is 9.95. The van der Waals surface area contributed by atoms with Gasteiger partial charge in [-0.25, -0.2) is 0 Å². The summed E-state index contributed by atoms with van der Waals surface area (Å²) in [6, 6.07) is 17.3. The molecule has 4 nitrogen and oxygen atoms in total. The molecule has 0 amide bonds. The summed E-state index contributed by atoms with van der Waals surface area (Å²) in [5.41, 5.74) is 14.2. The van der Waals surface area contributed by atoms with Crippen molar-refractivity contribution in [3.63, 3.8) is 0 Å². The monoisotopic (exact) mass is 266 g/mol. The minimum Gasteiger partial charge on any atom is -0.758 e. The number of nitrogens with two attached hydrogens (primary N) is 2. The Hall–Kier alpha value is -2.14. The second-order valence-corrected chi connectivity index (χ2v) is 5.09. The molecule has 102 valence electrons. The fraction of sp³-hybridized carbons (Fsp3) is 0.125. The SMILES string of the molecule is NC1(N)C=C(c2ccccc2)c2ccccc2N([O-])C1. The standard InChI is InChI=1S/C16H16N3O/c17-16(18)10-14(12-6-2-1-3-7-12)13-8-4-5-9-15(13)19(20)11-16/h1-10H,11,17-18H2/q-1. The number of nitrogens with zero attached hydrogens (tertiary/aromatic N) is 1. The van der Waals surface area contributed by atoms with Gasteiger partial charge in [0.15, 0.2) is 0 Å². The van der Waals surface area contributed by atoms with Gasteiger partial charge in [0.25, 0.3) is 0 Å². The van der Waals surface area contributed by atoms with Crippen molar-refractivity contribution >= 4 is 11.3 Å². The van der Waals surface area contributed by atoms with Gasteiger partial charge in [0.2, 0.25) is 0 Å². The van der Waals surface area contributed by atoms with Crippen LogP contribution in [-0.4, -0.2) is 12.2 Å². The molecule has 20 heavy (non-hydrogen) atoms. The van der Waals surface area contributed by atoms with Crippen LogP contribution in [0.1, 0.15) is 11.1 Å². The highest BCUT2D eigenvalue weighted by Crippen LogP contribution is 2.35. The molecule has 0 aliphatic carbocycles. The molecule has 4 N–H and O–H groups in total. The van der Waals surface area contributed by atoms with Crippen molar-refractivity contribution in [3.05, 3.63) is 77.0 Å². The van der Waals surface area contributed by atoms with E-state index in [1.54, 1.807) is 12.1 Å². The number of anilines is 1. The molecule has 0 saturated carbocycles. The lowest BCUT2D eigenvalue weighted by molar-refractivity contribution is 0.562. The molecule has 2 aromatic rings. The van der Waals surface area contributed by atoms with Gasteiger partial charge in [0.1, 0.15) is 5.66 Å². The summed E-state index contributed by atoms with van der Waals surface area (Å²) in [6.45, 7) is 0.0281. The van der Waals surface area contributed by atoms with E-state index in [4.69, 9.17) is 11.5 Å². The van der Waals surface area contributed by atoms with Crippen LogP contribution in [0.5, 0.6) is 0 Å². The van der Waals surface area contributed by atoms with Gasteiger partial charge < -0.3 is 21.7 Å². The van der Waals surface area contributed by atoms with E-state index in [-0.39, 0.29) is 6.54 Å². The molecule has 1 heterocycles. The van der Waals surface area contributed by atoms with Gasteiger partial charge in [0, 0.05) is 17.8 Å². The number of fused-ring (bicyclic) bond motifs is 1. The summed E-state index contributed by atoms with van der Waals surface area (Å²) >= 11 is 0. The third-order valence-corrected chi connectivity index (χ3v) is 3.38. The zero-order chi connectivity index (χ0) is 14.2. The van der Waals surface area contributed by atoms with Gasteiger partial charge in [-0.3, -0.25) is 0 Å². The van der Waals surface area contributed by atoms with E-state index < -0.39 is 5.66 Å². The zero-order valence-electron chi connectivity index (χ0n) is 11.0. The Kier molecular flexibility index (Phi) is 3.06. The molecule has 1 aliphatic rings. The second-order valence-electron chi connectivity index (χ2n) is 5.09. The maximum Gasteiger partial charge on any atom is 0.101 e. The van der Waals surface area contributed by atoms with Gasteiger partial charge in [-0.1, -0.05) is 48.5 Å². The summed E-state index contributed by atoms with van der Waals surface area (Å²) in [6.07, 6.45) is 1.78. The summed E-state index contributed by atoms with van der Waals surface area (Å²) in [5.74, 6) is 0. The van der Waals surface area contributed by atoms with Crippen molar-refractivity contribution in [3.8, 4) is 0 Å². The van der Waals surface area contributed by atoms with E-state index in [9.17, 15) is 5.21 Å². The van der Waals surface area contributed by atoms with Crippen molar-refractivity contribution in [2.45, 2.75) is 5.66 Å². The van der Waals surface area contributed by atoms with Crippen LogP contribution in [-0.2, 0) is 0 Å². The zero-order valence-corrected chi connectivity index (χ0v) is 11.0. The molecule has 0 bridgehead atoms. The van der Waals surface area contributed by atoms with E-state index in [1.165, 1.54) is 0 Å². The Morgan fingerprint density at radius 3 is 2.35 bits per heavy atom. The summed E-state index contributed by atoms with van der Waals surface area (Å²) in [5, 5.41) is 13.1. The minimum atomic E-state index is -1.16. The van der Waals surface area contributed by atoms with Crippen LogP contribution in [0.15, 0.2) is 60.7 Å². The molecule has 0 fully saturated rings. The average molecular weight is 266 g/mol. The first kappa shape index (κ1) is 12.9. The van der Waals surface area contributed by atoms with Crippen molar-refractivity contribution in [1.82, 2.24) is 0 Å². The maximum absolute atomic E-state index is 12.2. The van der Waals surface area contributed by atoms with E-state index in [1.807, 2.05) is 48.5 Å². The molecule has 2 aromatic carbocycles. The first-order valence-electron chi connectivity index (χ1n) is 6.47. The molecule has 0 aromatic heterocycles. The smallest absolute Gasteiger partial charge is 0.101 e. The Morgan fingerprint density at radius 2 is 1.60 bits per heavy atom. The third kappa shape index (κ3) is 2.32. The summed E-state index contributed by atoms with van der Waals surface area (Å²) < 4.78 is 0. The van der Waals surface area contributed by atoms with E-state index in [2.05, 4.69) is 0 Å². The van der Waals surface area contributed by atoms with Gasteiger partial charge in [0.05, 0.1) is 0 Å². The first-order valence-corrected chi connectivity index (χ1v) is 6.47. The molecule has 0 saturated heterocycles. The number of hydroxylamine groups is 1. The fourth-order valence-corrected chi connectivity index (χ4v) is 2.50. The first-order chi connectivity index (χ1) is 9.57. The molecule has 0 unspecified atom stereocenters. The molecule has 1 aliphatic heterocycles. The Morgan fingerprint density at radius 1 is 0.950 bits per heavy atom. The second kappa shape index (κ2) is 4.76. The predicted molar refractivity (Wildman–Crippen MR) is 81.8 cm³/mol. The highest BCUT2D eigenvalue weighted by atomic mass is 16.5. The van der Waals surface area contributed by atoms with E-state index in [0.717, 1.165) is 21.8 Å². The lowest BCUT2D eigenvalue weighted by Crippen LogP contribution is -2.54. The molecule has 0 spiro atoms. The van der Waals surface area contributed by atoms with Gasteiger partial charge in [-0.2, -0.15) is 0 Å². The summed E-state index contributed by atoms with van der Waals surface area (Å²) in [4.78, 5) is 0. The molecular formula is C16H16N3O-. The van der Waals surface area contributed by atoms with Gasteiger partial charge in [-0.05, 0) is 23.3 Å². The molecule has 0 radical (unpaired) electrons. The molecular weight excluding hydrogens is 250 g/mol. The van der Waals surface area contributed by atoms with E-state index >= 15 is 0 Å². The van der Waals surface area contributed by atoms with Crippen LogP contribution in [0.2, 0.25) is 0 Å². The Bertz CT molecular complexity index is 650.